The van der Waals surface area contributed by atoms with Gasteiger partial charge in [0.1, 0.15) is 0 Å². The molecule has 200 valence electrons. The van der Waals surface area contributed by atoms with Gasteiger partial charge in [0.2, 0.25) is 0 Å². The monoisotopic (exact) mass is 520 g/mol. The molecule has 0 amide bonds. The third kappa shape index (κ3) is 11.2. The Labute approximate surface area is 196 Å². The molecule has 2 heterocycles. The lowest BCUT2D eigenvalue weighted by Crippen LogP contribution is -2.52. The highest BCUT2D eigenvalue weighted by molar-refractivity contribution is 5.73. The van der Waals surface area contributed by atoms with Crippen LogP contribution in [0.15, 0.2) is 24.5 Å². The summed E-state index contributed by atoms with van der Waals surface area (Å²) < 4.78 is 80.8. The van der Waals surface area contributed by atoms with Crippen LogP contribution in [-0.2, 0) is 30.4 Å². The molecule has 35 heavy (non-hydrogen) atoms. The van der Waals surface area contributed by atoms with Gasteiger partial charge in [-0.15, -0.1) is 0 Å². The van der Waals surface area contributed by atoms with Crippen LogP contribution >= 0.6 is 0 Å². The number of ether oxygens (including phenoxy) is 3. The van der Waals surface area contributed by atoms with Crippen molar-refractivity contribution < 1.29 is 60.4 Å². The van der Waals surface area contributed by atoms with Gasteiger partial charge in [0.25, 0.3) is 0 Å². The number of hydrogen-bond donors (Lipinski definition) is 2. The topological polar surface area (TPSA) is 118 Å². The van der Waals surface area contributed by atoms with E-state index >= 15 is 0 Å². The summed E-state index contributed by atoms with van der Waals surface area (Å²) >= 11 is 0. The van der Waals surface area contributed by atoms with E-state index in [1.165, 1.54) is 0 Å². The molecule has 0 bridgehead atoms. The summed E-state index contributed by atoms with van der Waals surface area (Å²) in [5.74, 6) is -5.51. The van der Waals surface area contributed by atoms with Gasteiger partial charge in [-0.3, -0.25) is 9.88 Å². The first kappa shape index (κ1) is 30.5. The summed E-state index contributed by atoms with van der Waals surface area (Å²) in [5.41, 5.74) is 1.12. The van der Waals surface area contributed by atoms with E-state index in [0.29, 0.717) is 12.6 Å². The minimum Gasteiger partial charge on any atom is -0.475 e. The fourth-order valence-electron chi connectivity index (χ4n) is 3.34. The second-order valence-electron chi connectivity index (χ2n) is 7.33. The molecule has 0 unspecified atom stereocenters. The average molecular weight is 520 g/mol. The number of carboxylic acids is 2. The number of alkyl halides is 6. The molecule has 1 aliphatic carbocycles. The molecule has 2 N–H and O–H groups in total. The molecule has 2 fully saturated rings. The number of morpholine rings is 1. The third-order valence-corrected chi connectivity index (χ3v) is 4.90. The van der Waals surface area contributed by atoms with Crippen LogP contribution in [0.1, 0.15) is 18.4 Å². The van der Waals surface area contributed by atoms with Crippen molar-refractivity contribution in [2.24, 2.45) is 0 Å². The van der Waals surface area contributed by atoms with E-state index in [2.05, 4.69) is 9.88 Å². The van der Waals surface area contributed by atoms with Crippen molar-refractivity contribution in [1.82, 2.24) is 9.88 Å². The van der Waals surface area contributed by atoms with Crippen LogP contribution in [0.5, 0.6) is 0 Å². The highest BCUT2D eigenvalue weighted by Gasteiger charge is 2.43. The molecule has 0 aromatic carbocycles. The SMILES string of the molecule is COCCN1CCO[C@H]2[C@H](OCc3cccnc3)CC[C@@H]21.O=C(O)C(F)(F)F.O=C(O)C(F)(F)F. The highest BCUT2D eigenvalue weighted by Crippen LogP contribution is 2.32. The molecular weight excluding hydrogens is 494 g/mol. The van der Waals surface area contributed by atoms with Crippen LogP contribution in [0.25, 0.3) is 0 Å². The van der Waals surface area contributed by atoms with E-state index in [1.54, 1.807) is 13.3 Å². The van der Waals surface area contributed by atoms with E-state index in [-0.39, 0.29) is 12.2 Å². The van der Waals surface area contributed by atoms with Crippen molar-refractivity contribution in [1.29, 1.82) is 0 Å². The van der Waals surface area contributed by atoms with E-state index in [0.717, 1.165) is 44.7 Å². The van der Waals surface area contributed by atoms with Crippen molar-refractivity contribution in [3.8, 4) is 0 Å². The maximum absolute atomic E-state index is 10.6. The lowest BCUT2D eigenvalue weighted by atomic mass is 10.1. The Hall–Kier alpha value is -2.49. The first-order chi connectivity index (χ1) is 16.3. The fourth-order valence-corrected chi connectivity index (χ4v) is 3.34. The van der Waals surface area contributed by atoms with E-state index in [4.69, 9.17) is 34.0 Å². The number of pyridine rings is 1. The van der Waals surface area contributed by atoms with E-state index in [1.807, 2.05) is 18.3 Å². The number of aromatic nitrogens is 1. The largest absolute Gasteiger partial charge is 0.490 e. The second-order valence-corrected chi connectivity index (χ2v) is 7.33. The maximum Gasteiger partial charge on any atom is 0.490 e. The van der Waals surface area contributed by atoms with Crippen molar-refractivity contribution in [2.45, 2.75) is 50.1 Å². The van der Waals surface area contributed by atoms with Crippen LogP contribution in [0, 0.1) is 0 Å². The van der Waals surface area contributed by atoms with Crippen molar-refractivity contribution in [3.05, 3.63) is 30.1 Å². The number of rotatable bonds is 6. The normalized spacial score (nSPS) is 22.2. The maximum atomic E-state index is 10.6. The van der Waals surface area contributed by atoms with Gasteiger partial charge in [0.05, 0.1) is 32.0 Å². The fraction of sp³-hybridized carbons (Fsp3) is 0.650. The van der Waals surface area contributed by atoms with Gasteiger partial charge < -0.3 is 24.4 Å². The first-order valence-electron chi connectivity index (χ1n) is 10.2. The molecule has 3 atom stereocenters. The quantitative estimate of drug-likeness (QED) is 0.546. The number of carboxylic acid groups (broad SMARTS) is 2. The van der Waals surface area contributed by atoms with E-state index < -0.39 is 24.3 Å². The molecule has 1 aromatic heterocycles. The zero-order chi connectivity index (χ0) is 26.6. The number of methoxy groups -OCH3 is 1. The van der Waals surface area contributed by atoms with E-state index in [9.17, 15) is 26.3 Å². The lowest BCUT2D eigenvalue weighted by Gasteiger charge is -2.38. The van der Waals surface area contributed by atoms with Crippen LogP contribution in [0.3, 0.4) is 0 Å². The van der Waals surface area contributed by atoms with Crippen LogP contribution in [0.2, 0.25) is 0 Å². The predicted octanol–water partition coefficient (Wildman–Crippen LogP) is 2.74. The lowest BCUT2D eigenvalue weighted by molar-refractivity contribution is -0.193. The van der Waals surface area contributed by atoms with Gasteiger partial charge in [0.15, 0.2) is 0 Å². The van der Waals surface area contributed by atoms with Gasteiger partial charge in [-0.1, -0.05) is 6.07 Å². The number of halogens is 6. The summed E-state index contributed by atoms with van der Waals surface area (Å²) in [4.78, 5) is 24.4. The molecule has 0 radical (unpaired) electrons. The van der Waals surface area contributed by atoms with Gasteiger partial charge in [0, 0.05) is 38.6 Å². The Morgan fingerprint density at radius 1 is 1.14 bits per heavy atom. The highest BCUT2D eigenvalue weighted by atomic mass is 19.4. The summed E-state index contributed by atoms with van der Waals surface area (Å²) in [7, 11) is 1.76. The van der Waals surface area contributed by atoms with Crippen LogP contribution in [-0.4, -0.2) is 96.1 Å². The number of aliphatic carboxylic acids is 2. The van der Waals surface area contributed by atoms with Gasteiger partial charge in [-0.25, -0.2) is 9.59 Å². The smallest absolute Gasteiger partial charge is 0.475 e. The number of fused-ring (bicyclic) bond motifs is 1. The van der Waals surface area contributed by atoms with Crippen molar-refractivity contribution in [3.63, 3.8) is 0 Å². The standard InChI is InChI=1S/C16H24N2O3.2C2HF3O2/c1-19-9-7-18-8-10-20-16-14(18)4-5-15(16)21-12-13-3-2-6-17-11-13;2*3-2(4,5)1(6)7/h2-3,6,11,14-16H,4-5,7-10,12H2,1H3;2*(H,6,7)/t14-,15+,16+;;/m0../s1. The Morgan fingerprint density at radius 3 is 2.23 bits per heavy atom. The molecule has 1 saturated heterocycles. The molecule has 1 aliphatic heterocycles. The minimum absolute atomic E-state index is 0.195. The third-order valence-electron chi connectivity index (χ3n) is 4.90. The Morgan fingerprint density at radius 2 is 1.74 bits per heavy atom. The average Bonchev–Trinajstić information content (AvgIpc) is 3.20. The molecule has 9 nitrogen and oxygen atoms in total. The Kier molecular flexibility index (Phi) is 12.4. The zero-order valence-corrected chi connectivity index (χ0v) is 18.6. The van der Waals surface area contributed by atoms with Crippen molar-refractivity contribution in [2.75, 3.05) is 33.4 Å². The van der Waals surface area contributed by atoms with Gasteiger partial charge in [-0.2, -0.15) is 26.3 Å². The van der Waals surface area contributed by atoms with Gasteiger partial charge >= 0.3 is 24.3 Å². The Balaban J connectivity index is 0.000000362. The molecule has 3 rings (SSSR count). The number of hydrogen-bond acceptors (Lipinski definition) is 7. The molecule has 0 spiro atoms. The molecule has 2 aliphatic rings. The number of carbonyl (C=O) groups is 2. The van der Waals surface area contributed by atoms with Crippen molar-refractivity contribution >= 4 is 11.9 Å². The summed E-state index contributed by atoms with van der Waals surface area (Å²) in [6.07, 6.45) is -3.91. The molecule has 1 saturated carbocycles. The minimum atomic E-state index is -5.08. The second kappa shape index (κ2) is 14.2. The number of nitrogens with zero attached hydrogens (tertiary/aromatic N) is 2. The summed E-state index contributed by atoms with van der Waals surface area (Å²) in [6, 6.07) is 4.47. The summed E-state index contributed by atoms with van der Waals surface area (Å²) in [5, 5.41) is 14.2. The van der Waals surface area contributed by atoms with Crippen LogP contribution in [0.4, 0.5) is 26.3 Å². The predicted molar refractivity (Wildman–Crippen MR) is 106 cm³/mol. The Bertz CT molecular complexity index is 755. The first-order valence-corrected chi connectivity index (χ1v) is 10.2. The van der Waals surface area contributed by atoms with Gasteiger partial charge in [-0.05, 0) is 24.5 Å². The molecular formula is C20H26F6N2O7. The molecule has 15 heteroatoms. The zero-order valence-electron chi connectivity index (χ0n) is 18.6. The van der Waals surface area contributed by atoms with Crippen LogP contribution < -0.4 is 0 Å². The summed E-state index contributed by atoms with van der Waals surface area (Å²) in [6.45, 7) is 4.17. The molecule has 1 aromatic rings.